The van der Waals surface area contributed by atoms with Crippen LogP contribution in [0.1, 0.15) is 18.0 Å². The maximum Gasteiger partial charge on any atom is 0.269 e. The van der Waals surface area contributed by atoms with E-state index >= 15 is 0 Å². The van der Waals surface area contributed by atoms with Gasteiger partial charge in [-0.2, -0.15) is 0 Å². The monoisotopic (exact) mass is 210 g/mol. The van der Waals surface area contributed by atoms with E-state index in [9.17, 15) is 14.5 Å². The van der Waals surface area contributed by atoms with Crippen LogP contribution in [-0.2, 0) is 0 Å². The molecule has 0 heterocycles. The van der Waals surface area contributed by atoms with Crippen molar-refractivity contribution < 1.29 is 9.31 Å². The quantitative estimate of drug-likeness (QED) is 0.471. The molecular formula is C10H11FN2O2. The zero-order valence-corrected chi connectivity index (χ0v) is 8.02. The Balaban J connectivity index is 3.09. The van der Waals surface area contributed by atoms with Gasteiger partial charge < -0.3 is 5.73 Å². The molecule has 1 aromatic carbocycles. The summed E-state index contributed by atoms with van der Waals surface area (Å²) in [7, 11) is 0. The molecule has 0 aliphatic carbocycles. The number of nitrogens with two attached hydrogens (primary N) is 1. The van der Waals surface area contributed by atoms with Crippen LogP contribution >= 0.6 is 0 Å². The number of nitrogens with zero attached hydrogens (tertiary/aromatic N) is 1. The molecule has 0 fully saturated rings. The third-order valence-corrected chi connectivity index (χ3v) is 2.01. The molecule has 0 aliphatic rings. The lowest BCUT2D eigenvalue weighted by atomic mass is 10.0. The number of hydrogen-bond acceptors (Lipinski definition) is 3. The van der Waals surface area contributed by atoms with Crippen molar-refractivity contribution >= 4 is 5.69 Å². The molecule has 2 N–H and O–H groups in total. The van der Waals surface area contributed by atoms with Gasteiger partial charge in [-0.3, -0.25) is 10.1 Å². The van der Waals surface area contributed by atoms with E-state index < -0.39 is 16.8 Å². The van der Waals surface area contributed by atoms with Gasteiger partial charge in [-0.05, 0) is 12.5 Å². The minimum atomic E-state index is -0.595. The van der Waals surface area contributed by atoms with Gasteiger partial charge in [0.25, 0.3) is 5.69 Å². The molecule has 1 aromatic rings. The van der Waals surface area contributed by atoms with Gasteiger partial charge in [-0.25, -0.2) is 4.39 Å². The number of nitro benzene ring substituents is 1. The number of non-ortho nitro benzene ring substituents is 1. The van der Waals surface area contributed by atoms with Gasteiger partial charge in [0.15, 0.2) is 0 Å². The Kier molecular flexibility index (Phi) is 3.51. The number of nitro groups is 1. The fourth-order valence-corrected chi connectivity index (χ4v) is 1.24. The SMILES string of the molecule is C=CC[C@@H](N)c1cc([N+](=O)[O-])ccc1F. The molecule has 0 bridgehead atoms. The van der Waals surface area contributed by atoms with Crippen molar-refractivity contribution in [1.29, 1.82) is 0 Å². The van der Waals surface area contributed by atoms with Crippen LogP contribution < -0.4 is 5.73 Å². The molecule has 5 heteroatoms. The molecule has 0 saturated heterocycles. The first-order valence-electron chi connectivity index (χ1n) is 4.36. The smallest absolute Gasteiger partial charge is 0.269 e. The van der Waals surface area contributed by atoms with Crippen molar-refractivity contribution in [2.45, 2.75) is 12.5 Å². The first kappa shape index (κ1) is 11.3. The lowest BCUT2D eigenvalue weighted by Crippen LogP contribution is -2.11. The van der Waals surface area contributed by atoms with Crippen molar-refractivity contribution in [1.82, 2.24) is 0 Å². The Morgan fingerprint density at radius 2 is 2.33 bits per heavy atom. The first-order chi connectivity index (χ1) is 7.06. The summed E-state index contributed by atoms with van der Waals surface area (Å²) < 4.78 is 13.3. The second-order valence-corrected chi connectivity index (χ2v) is 3.09. The van der Waals surface area contributed by atoms with Gasteiger partial charge >= 0.3 is 0 Å². The normalized spacial score (nSPS) is 12.1. The highest BCUT2D eigenvalue weighted by Crippen LogP contribution is 2.23. The Morgan fingerprint density at radius 3 is 2.87 bits per heavy atom. The topological polar surface area (TPSA) is 69.2 Å². The van der Waals surface area contributed by atoms with Crippen LogP contribution in [0.15, 0.2) is 30.9 Å². The van der Waals surface area contributed by atoms with E-state index in [0.29, 0.717) is 6.42 Å². The van der Waals surface area contributed by atoms with Crippen molar-refractivity contribution in [3.05, 3.63) is 52.3 Å². The van der Waals surface area contributed by atoms with E-state index in [1.807, 2.05) is 0 Å². The summed E-state index contributed by atoms with van der Waals surface area (Å²) in [6.07, 6.45) is 1.92. The molecule has 4 nitrogen and oxygen atoms in total. The molecular weight excluding hydrogens is 199 g/mol. The summed E-state index contributed by atoms with van der Waals surface area (Å²) in [4.78, 5) is 9.89. The van der Waals surface area contributed by atoms with E-state index in [1.54, 1.807) is 6.08 Å². The van der Waals surface area contributed by atoms with Crippen molar-refractivity contribution in [2.24, 2.45) is 5.73 Å². The molecule has 0 amide bonds. The van der Waals surface area contributed by atoms with Gasteiger partial charge in [-0.15, -0.1) is 6.58 Å². The van der Waals surface area contributed by atoms with Crippen LogP contribution in [0.5, 0.6) is 0 Å². The second-order valence-electron chi connectivity index (χ2n) is 3.09. The first-order valence-corrected chi connectivity index (χ1v) is 4.36. The molecule has 0 aliphatic heterocycles. The van der Waals surface area contributed by atoms with Crippen molar-refractivity contribution in [2.75, 3.05) is 0 Å². The standard InChI is InChI=1S/C10H11FN2O2/c1-2-3-10(12)8-6-7(13(14)15)4-5-9(8)11/h2,4-6,10H,1,3,12H2/t10-/m1/s1. The minimum Gasteiger partial charge on any atom is -0.324 e. The average Bonchev–Trinajstić information content (AvgIpc) is 2.18. The maximum absolute atomic E-state index is 13.3. The molecule has 15 heavy (non-hydrogen) atoms. The summed E-state index contributed by atoms with van der Waals surface area (Å²) in [5, 5.41) is 10.5. The van der Waals surface area contributed by atoms with E-state index in [4.69, 9.17) is 5.73 Å². The van der Waals surface area contributed by atoms with Crippen LogP contribution in [0.3, 0.4) is 0 Å². The van der Waals surface area contributed by atoms with Crippen LogP contribution in [0.25, 0.3) is 0 Å². The van der Waals surface area contributed by atoms with Crippen molar-refractivity contribution in [3.63, 3.8) is 0 Å². The van der Waals surface area contributed by atoms with E-state index in [1.165, 1.54) is 0 Å². The molecule has 1 atom stereocenters. The minimum absolute atomic E-state index is 0.143. The van der Waals surface area contributed by atoms with E-state index in [0.717, 1.165) is 18.2 Å². The number of benzene rings is 1. The molecule has 0 aromatic heterocycles. The van der Waals surface area contributed by atoms with Crippen LogP contribution in [-0.4, -0.2) is 4.92 Å². The van der Waals surface area contributed by atoms with Gasteiger partial charge in [0.1, 0.15) is 5.82 Å². The highest BCUT2D eigenvalue weighted by Gasteiger charge is 2.15. The Bertz CT molecular complexity index is 393. The predicted molar refractivity (Wildman–Crippen MR) is 54.8 cm³/mol. The zero-order valence-electron chi connectivity index (χ0n) is 8.02. The van der Waals surface area contributed by atoms with Gasteiger partial charge in [0, 0.05) is 23.7 Å². The molecule has 1 rings (SSSR count). The predicted octanol–water partition coefficient (Wildman–Crippen LogP) is 2.31. The van der Waals surface area contributed by atoms with Crippen molar-refractivity contribution in [3.8, 4) is 0 Å². The molecule has 0 radical (unpaired) electrons. The summed E-state index contributed by atoms with van der Waals surface area (Å²) >= 11 is 0. The number of hydrogen-bond donors (Lipinski definition) is 1. The molecule has 0 saturated carbocycles. The Morgan fingerprint density at radius 1 is 1.67 bits per heavy atom. The zero-order chi connectivity index (χ0) is 11.4. The fourth-order valence-electron chi connectivity index (χ4n) is 1.24. The van der Waals surface area contributed by atoms with Gasteiger partial charge in [0.2, 0.25) is 0 Å². The average molecular weight is 210 g/mol. The molecule has 0 spiro atoms. The lowest BCUT2D eigenvalue weighted by Gasteiger charge is -2.09. The second kappa shape index (κ2) is 4.65. The third-order valence-electron chi connectivity index (χ3n) is 2.01. The molecule has 80 valence electrons. The Hall–Kier alpha value is -1.75. The van der Waals surface area contributed by atoms with E-state index in [-0.39, 0.29) is 11.3 Å². The largest absolute Gasteiger partial charge is 0.324 e. The van der Waals surface area contributed by atoms with Gasteiger partial charge in [0.05, 0.1) is 4.92 Å². The highest BCUT2D eigenvalue weighted by molar-refractivity contribution is 5.36. The highest BCUT2D eigenvalue weighted by atomic mass is 19.1. The van der Waals surface area contributed by atoms with E-state index in [2.05, 4.69) is 6.58 Å². The molecule has 0 unspecified atom stereocenters. The summed E-state index contributed by atoms with van der Waals surface area (Å²) in [5.41, 5.74) is 5.62. The summed E-state index contributed by atoms with van der Waals surface area (Å²) in [5.74, 6) is -0.532. The third kappa shape index (κ3) is 2.60. The number of halogens is 1. The Labute approximate surface area is 86.4 Å². The lowest BCUT2D eigenvalue weighted by molar-refractivity contribution is -0.385. The van der Waals surface area contributed by atoms with Gasteiger partial charge in [-0.1, -0.05) is 6.08 Å². The van der Waals surface area contributed by atoms with Crippen LogP contribution in [0.4, 0.5) is 10.1 Å². The number of rotatable bonds is 4. The summed E-state index contributed by atoms with van der Waals surface area (Å²) in [6.45, 7) is 3.48. The maximum atomic E-state index is 13.3. The summed E-state index contributed by atoms with van der Waals surface area (Å²) in [6, 6.07) is 2.72. The van der Waals surface area contributed by atoms with Crippen LogP contribution in [0.2, 0.25) is 0 Å². The fraction of sp³-hybridized carbons (Fsp3) is 0.200. The van der Waals surface area contributed by atoms with Crippen LogP contribution in [0, 0.1) is 15.9 Å².